The molecule has 0 amide bonds. The van der Waals surface area contributed by atoms with Gasteiger partial charge in [-0.1, -0.05) is 19.9 Å². The van der Waals surface area contributed by atoms with Crippen LogP contribution in [0.2, 0.25) is 0 Å². The molecule has 0 saturated carbocycles. The first-order valence-electron chi connectivity index (χ1n) is 7.93. The van der Waals surface area contributed by atoms with E-state index in [1.54, 1.807) is 0 Å². The van der Waals surface area contributed by atoms with Gasteiger partial charge in [0.2, 0.25) is 0 Å². The molecule has 21 heavy (non-hydrogen) atoms. The molecule has 3 unspecified atom stereocenters. The summed E-state index contributed by atoms with van der Waals surface area (Å²) < 4.78 is 11.3. The standard InChI is InChI=1S/C17H25NO3/c1-12-9-18(10-13(12)2)11-15(19)14-4-5-16-17(8-14)21-7-3-6-20-16/h4-5,8,12-13,15,19H,3,6-7,9-11H2,1-2H3. The third-order valence-electron chi connectivity index (χ3n) is 4.65. The smallest absolute Gasteiger partial charge is 0.161 e. The van der Waals surface area contributed by atoms with Gasteiger partial charge in [-0.2, -0.15) is 0 Å². The Morgan fingerprint density at radius 1 is 1.14 bits per heavy atom. The van der Waals surface area contributed by atoms with E-state index in [1.807, 2.05) is 18.2 Å². The third-order valence-corrected chi connectivity index (χ3v) is 4.65. The molecular weight excluding hydrogens is 266 g/mol. The molecule has 1 saturated heterocycles. The van der Waals surface area contributed by atoms with Gasteiger partial charge >= 0.3 is 0 Å². The van der Waals surface area contributed by atoms with E-state index in [4.69, 9.17) is 9.47 Å². The number of fused-ring (bicyclic) bond motifs is 1. The number of ether oxygens (including phenoxy) is 2. The van der Waals surface area contributed by atoms with Crippen molar-refractivity contribution in [2.45, 2.75) is 26.4 Å². The van der Waals surface area contributed by atoms with Gasteiger partial charge in [-0.05, 0) is 29.5 Å². The van der Waals surface area contributed by atoms with Crippen LogP contribution in [0.4, 0.5) is 0 Å². The number of aliphatic hydroxyl groups is 1. The van der Waals surface area contributed by atoms with Crippen LogP contribution in [-0.2, 0) is 0 Å². The summed E-state index contributed by atoms with van der Waals surface area (Å²) >= 11 is 0. The van der Waals surface area contributed by atoms with Crippen molar-refractivity contribution in [3.8, 4) is 11.5 Å². The summed E-state index contributed by atoms with van der Waals surface area (Å²) in [6.07, 6.45) is 0.426. The van der Waals surface area contributed by atoms with E-state index in [-0.39, 0.29) is 0 Å². The minimum atomic E-state index is -0.473. The highest BCUT2D eigenvalue weighted by Crippen LogP contribution is 2.33. The van der Waals surface area contributed by atoms with E-state index in [2.05, 4.69) is 18.7 Å². The average molecular weight is 291 g/mol. The zero-order valence-corrected chi connectivity index (χ0v) is 12.9. The largest absolute Gasteiger partial charge is 0.490 e. The lowest BCUT2D eigenvalue weighted by Gasteiger charge is -2.21. The zero-order valence-electron chi connectivity index (χ0n) is 12.9. The highest BCUT2D eigenvalue weighted by atomic mass is 16.5. The Balaban J connectivity index is 1.67. The van der Waals surface area contributed by atoms with Crippen molar-refractivity contribution in [3.05, 3.63) is 23.8 Å². The van der Waals surface area contributed by atoms with Crippen molar-refractivity contribution in [2.75, 3.05) is 32.8 Å². The monoisotopic (exact) mass is 291 g/mol. The summed E-state index contributed by atoms with van der Waals surface area (Å²) in [6.45, 7) is 8.77. The first kappa shape index (κ1) is 14.7. The Labute approximate surface area is 126 Å². The second kappa shape index (κ2) is 6.24. The molecule has 2 aliphatic rings. The van der Waals surface area contributed by atoms with Gasteiger partial charge in [0.1, 0.15) is 0 Å². The van der Waals surface area contributed by atoms with Crippen LogP contribution in [0.1, 0.15) is 31.9 Å². The van der Waals surface area contributed by atoms with E-state index in [1.165, 1.54) is 0 Å². The molecule has 3 atom stereocenters. The van der Waals surface area contributed by atoms with E-state index in [0.717, 1.165) is 36.6 Å². The normalized spacial score (nSPS) is 27.4. The molecular formula is C17H25NO3. The fraction of sp³-hybridized carbons (Fsp3) is 0.647. The van der Waals surface area contributed by atoms with Crippen molar-refractivity contribution < 1.29 is 14.6 Å². The number of hydrogen-bond acceptors (Lipinski definition) is 4. The summed E-state index contributed by atoms with van der Waals surface area (Å²) in [4.78, 5) is 2.35. The average Bonchev–Trinajstić information content (AvgIpc) is 2.67. The molecule has 2 aliphatic heterocycles. The number of β-amino-alcohol motifs (C(OH)–C–C–N with tert-alkyl or cyclic N) is 1. The lowest BCUT2D eigenvalue weighted by Crippen LogP contribution is -2.26. The van der Waals surface area contributed by atoms with Crippen LogP contribution >= 0.6 is 0 Å². The fourth-order valence-electron chi connectivity index (χ4n) is 3.14. The molecule has 0 radical (unpaired) electrons. The van der Waals surface area contributed by atoms with Crippen LogP contribution in [0.25, 0.3) is 0 Å². The quantitative estimate of drug-likeness (QED) is 0.929. The summed E-state index contributed by atoms with van der Waals surface area (Å²) in [5, 5.41) is 10.5. The maximum Gasteiger partial charge on any atom is 0.161 e. The van der Waals surface area contributed by atoms with Gasteiger partial charge in [0.15, 0.2) is 11.5 Å². The van der Waals surface area contributed by atoms with E-state index < -0.39 is 6.10 Å². The van der Waals surface area contributed by atoms with Gasteiger partial charge in [0.05, 0.1) is 19.3 Å². The van der Waals surface area contributed by atoms with Crippen molar-refractivity contribution in [1.29, 1.82) is 0 Å². The van der Waals surface area contributed by atoms with Gasteiger partial charge in [0.25, 0.3) is 0 Å². The number of aliphatic hydroxyl groups excluding tert-OH is 1. The molecule has 4 heteroatoms. The van der Waals surface area contributed by atoms with Crippen molar-refractivity contribution in [1.82, 2.24) is 4.90 Å². The van der Waals surface area contributed by atoms with Crippen molar-refractivity contribution in [2.24, 2.45) is 11.8 Å². The number of nitrogens with zero attached hydrogens (tertiary/aromatic N) is 1. The van der Waals surface area contributed by atoms with Crippen molar-refractivity contribution in [3.63, 3.8) is 0 Å². The lowest BCUT2D eigenvalue weighted by atomic mass is 10.0. The van der Waals surface area contributed by atoms with Crippen LogP contribution in [-0.4, -0.2) is 42.9 Å². The van der Waals surface area contributed by atoms with Gasteiger partial charge in [-0.15, -0.1) is 0 Å². The molecule has 0 aliphatic carbocycles. The van der Waals surface area contributed by atoms with Gasteiger partial charge in [-0.25, -0.2) is 0 Å². The fourth-order valence-corrected chi connectivity index (χ4v) is 3.14. The second-order valence-electron chi connectivity index (χ2n) is 6.45. The van der Waals surface area contributed by atoms with Gasteiger partial charge < -0.3 is 14.6 Å². The van der Waals surface area contributed by atoms with E-state index >= 15 is 0 Å². The molecule has 1 aromatic carbocycles. The number of benzene rings is 1. The molecule has 2 heterocycles. The molecule has 1 aromatic rings. The third kappa shape index (κ3) is 3.33. The Morgan fingerprint density at radius 2 is 1.81 bits per heavy atom. The molecule has 3 rings (SSSR count). The molecule has 0 aromatic heterocycles. The minimum absolute atomic E-state index is 0.473. The highest BCUT2D eigenvalue weighted by Gasteiger charge is 2.27. The van der Waals surface area contributed by atoms with Crippen LogP contribution < -0.4 is 9.47 Å². The van der Waals surface area contributed by atoms with Crippen LogP contribution in [0, 0.1) is 11.8 Å². The number of likely N-dealkylation sites (tertiary alicyclic amines) is 1. The highest BCUT2D eigenvalue weighted by molar-refractivity contribution is 5.44. The molecule has 4 nitrogen and oxygen atoms in total. The zero-order chi connectivity index (χ0) is 14.8. The van der Waals surface area contributed by atoms with Gasteiger partial charge in [-0.3, -0.25) is 4.90 Å². The van der Waals surface area contributed by atoms with Crippen LogP contribution in [0.5, 0.6) is 11.5 Å². The molecule has 1 N–H and O–H groups in total. The van der Waals surface area contributed by atoms with Gasteiger partial charge in [0, 0.05) is 26.1 Å². The van der Waals surface area contributed by atoms with E-state index in [0.29, 0.717) is 31.6 Å². The van der Waals surface area contributed by atoms with Crippen LogP contribution in [0.3, 0.4) is 0 Å². The Morgan fingerprint density at radius 3 is 2.52 bits per heavy atom. The molecule has 0 bridgehead atoms. The molecule has 1 fully saturated rings. The maximum atomic E-state index is 10.5. The molecule has 0 spiro atoms. The summed E-state index contributed by atoms with van der Waals surface area (Å²) in [5.41, 5.74) is 0.909. The topological polar surface area (TPSA) is 41.9 Å². The minimum Gasteiger partial charge on any atom is -0.490 e. The van der Waals surface area contributed by atoms with Crippen LogP contribution in [0.15, 0.2) is 18.2 Å². The number of hydrogen-bond donors (Lipinski definition) is 1. The maximum absolute atomic E-state index is 10.5. The Bertz CT molecular complexity index is 481. The summed E-state index contributed by atoms with van der Waals surface area (Å²) in [6, 6.07) is 5.78. The lowest BCUT2D eigenvalue weighted by molar-refractivity contribution is 0.123. The summed E-state index contributed by atoms with van der Waals surface area (Å²) in [5.74, 6) is 2.96. The van der Waals surface area contributed by atoms with Crippen molar-refractivity contribution >= 4 is 0 Å². The predicted octanol–water partition coefficient (Wildman–Crippen LogP) is 2.47. The SMILES string of the molecule is CC1CN(CC(O)c2ccc3c(c2)OCCCO3)CC1C. The Hall–Kier alpha value is -1.26. The van der Waals surface area contributed by atoms with E-state index in [9.17, 15) is 5.11 Å². The predicted molar refractivity (Wildman–Crippen MR) is 81.8 cm³/mol. The Kier molecular flexibility index (Phi) is 4.36. The summed E-state index contributed by atoms with van der Waals surface area (Å²) in [7, 11) is 0. The first-order valence-corrected chi connectivity index (χ1v) is 7.93. The molecule has 116 valence electrons. The first-order chi connectivity index (χ1) is 10.1. The second-order valence-corrected chi connectivity index (χ2v) is 6.45. The number of rotatable bonds is 3.